The Morgan fingerprint density at radius 2 is 1.54 bits per heavy atom. The van der Waals surface area contributed by atoms with E-state index in [1.165, 1.54) is 11.3 Å². The van der Waals surface area contributed by atoms with Crippen LogP contribution in [-0.4, -0.2) is 31.8 Å². The van der Waals surface area contributed by atoms with Gasteiger partial charge in [-0.15, -0.1) is 0 Å². The molecule has 1 aromatic heterocycles. The molecule has 0 bridgehead atoms. The molecule has 9 nitrogen and oxygen atoms in total. The van der Waals surface area contributed by atoms with Crippen LogP contribution in [0.2, 0.25) is 0 Å². The second-order valence-corrected chi connectivity index (χ2v) is 13.3. The number of ether oxygens (including phenoxy) is 4. The van der Waals surface area contributed by atoms with Crippen LogP contribution in [-0.2, 0) is 11.4 Å². The van der Waals surface area contributed by atoms with Gasteiger partial charge >= 0.3 is 0 Å². The highest BCUT2D eigenvalue weighted by Gasteiger charge is 2.33. The summed E-state index contributed by atoms with van der Waals surface area (Å²) in [5.41, 5.74) is 4.64. The zero-order valence-electron chi connectivity index (χ0n) is 29.4. The van der Waals surface area contributed by atoms with Gasteiger partial charge in [0.25, 0.3) is 11.5 Å². The van der Waals surface area contributed by atoms with Gasteiger partial charge in [-0.3, -0.25) is 14.2 Å². The van der Waals surface area contributed by atoms with E-state index in [1.807, 2.05) is 73.7 Å². The van der Waals surface area contributed by atoms with Crippen LogP contribution >= 0.6 is 11.3 Å². The number of fused-ring (bicyclic) bond motifs is 2. The largest absolute Gasteiger partial charge is 0.493 e. The Kier molecular flexibility index (Phi) is 9.65. The van der Waals surface area contributed by atoms with E-state index in [9.17, 15) is 9.59 Å². The number of aromatic nitrogens is 1. The number of nitrogens with zero attached hydrogens (tertiary/aromatic N) is 2. The molecule has 0 saturated carbocycles. The number of carbonyl (C=O) groups is 1. The van der Waals surface area contributed by atoms with E-state index in [0.29, 0.717) is 61.5 Å². The van der Waals surface area contributed by atoms with Crippen molar-refractivity contribution in [1.82, 2.24) is 4.57 Å². The van der Waals surface area contributed by atoms with Crippen molar-refractivity contribution in [2.75, 3.05) is 26.6 Å². The zero-order chi connectivity index (χ0) is 36.4. The fourth-order valence-electron chi connectivity index (χ4n) is 6.47. The first-order chi connectivity index (χ1) is 25.3. The number of benzene rings is 5. The number of hydrogen-bond donors (Lipinski definition) is 1. The molecule has 0 radical (unpaired) electrons. The molecule has 6 aromatic rings. The first-order valence-corrected chi connectivity index (χ1v) is 17.5. The molecule has 1 N–H and O–H groups in total. The molecule has 1 aliphatic heterocycles. The van der Waals surface area contributed by atoms with Gasteiger partial charge in [0.2, 0.25) is 0 Å². The predicted molar refractivity (Wildman–Crippen MR) is 204 cm³/mol. The Morgan fingerprint density at radius 1 is 0.827 bits per heavy atom. The Bertz CT molecular complexity index is 2550. The molecule has 1 amide bonds. The van der Waals surface area contributed by atoms with Crippen molar-refractivity contribution in [3.05, 3.63) is 156 Å². The minimum atomic E-state index is -0.790. The molecule has 1 unspecified atom stereocenters. The smallest absolute Gasteiger partial charge is 0.271 e. The summed E-state index contributed by atoms with van der Waals surface area (Å²) in [5, 5.41) is 5.33. The molecular weight excluding hydrogens is 675 g/mol. The van der Waals surface area contributed by atoms with Gasteiger partial charge in [0, 0.05) is 5.69 Å². The monoisotopic (exact) mass is 711 g/mol. The molecule has 1 atom stereocenters. The Hall–Kier alpha value is -6.13. The molecule has 0 saturated heterocycles. The van der Waals surface area contributed by atoms with Crippen LogP contribution in [0.3, 0.4) is 0 Å². The van der Waals surface area contributed by atoms with E-state index < -0.39 is 6.04 Å². The number of aryl methyl sites for hydroxylation is 1. The van der Waals surface area contributed by atoms with Gasteiger partial charge in [0.15, 0.2) is 27.8 Å². The summed E-state index contributed by atoms with van der Waals surface area (Å²) in [6.07, 6.45) is 1.80. The van der Waals surface area contributed by atoms with E-state index in [0.717, 1.165) is 27.5 Å². The topological polar surface area (TPSA) is 100 Å². The van der Waals surface area contributed by atoms with Crippen LogP contribution in [0.15, 0.2) is 124 Å². The summed E-state index contributed by atoms with van der Waals surface area (Å²) in [6, 6.07) is 32.1. The Balaban J connectivity index is 1.27. The van der Waals surface area contributed by atoms with Gasteiger partial charge in [0.05, 0.1) is 43.2 Å². The molecule has 0 fully saturated rings. The van der Waals surface area contributed by atoms with Gasteiger partial charge in [-0.1, -0.05) is 84.1 Å². The standard InChI is InChI=1S/C42H37N3O6S/c1-25-11-6-9-16-32(25)44-40(46)38-26(2)43-42-45(39(38)29-18-20-33(48-3)36(23-29)50-5)41(47)37(52-42)22-27-17-19-34(35(21-27)49-4)51-24-30-14-10-13-28-12-7-8-15-31(28)30/h6-23,39H,24H2,1-5H3,(H,44,46). The van der Waals surface area contributed by atoms with Gasteiger partial charge < -0.3 is 24.3 Å². The summed E-state index contributed by atoms with van der Waals surface area (Å²) in [6.45, 7) is 4.08. The van der Waals surface area contributed by atoms with E-state index >= 15 is 0 Å². The lowest BCUT2D eigenvalue weighted by molar-refractivity contribution is -0.113. The van der Waals surface area contributed by atoms with Crippen LogP contribution in [0.1, 0.15) is 35.2 Å². The van der Waals surface area contributed by atoms with Crippen molar-refractivity contribution in [1.29, 1.82) is 0 Å². The maximum atomic E-state index is 14.4. The molecule has 0 spiro atoms. The average molecular weight is 712 g/mol. The number of hydrogen-bond acceptors (Lipinski definition) is 8. The lowest BCUT2D eigenvalue weighted by atomic mass is 9.94. The van der Waals surface area contributed by atoms with Gasteiger partial charge in [-0.25, -0.2) is 4.99 Å². The van der Waals surface area contributed by atoms with E-state index in [1.54, 1.807) is 51.0 Å². The minimum absolute atomic E-state index is 0.285. The van der Waals surface area contributed by atoms with Crippen LogP contribution in [0.25, 0.3) is 16.8 Å². The lowest BCUT2D eigenvalue weighted by Gasteiger charge is -2.26. The van der Waals surface area contributed by atoms with Crippen molar-refractivity contribution < 1.29 is 23.7 Å². The number of thiazole rings is 1. The van der Waals surface area contributed by atoms with Crippen LogP contribution in [0.4, 0.5) is 5.69 Å². The van der Waals surface area contributed by atoms with Gasteiger partial charge in [-0.05, 0) is 83.3 Å². The van der Waals surface area contributed by atoms with Crippen molar-refractivity contribution in [2.24, 2.45) is 4.99 Å². The molecule has 0 aliphatic carbocycles. The van der Waals surface area contributed by atoms with Crippen molar-refractivity contribution >= 4 is 39.8 Å². The third-order valence-corrected chi connectivity index (χ3v) is 10.1. The van der Waals surface area contributed by atoms with Crippen molar-refractivity contribution in [3.63, 3.8) is 0 Å². The second kappa shape index (κ2) is 14.6. The fraction of sp³-hybridized carbons (Fsp3) is 0.167. The van der Waals surface area contributed by atoms with Crippen LogP contribution < -0.4 is 39.2 Å². The Morgan fingerprint density at radius 3 is 2.33 bits per heavy atom. The quantitative estimate of drug-likeness (QED) is 0.165. The second-order valence-electron chi connectivity index (χ2n) is 12.3. The number of anilines is 1. The number of methoxy groups -OCH3 is 3. The summed E-state index contributed by atoms with van der Waals surface area (Å²) >= 11 is 1.26. The predicted octanol–water partition coefficient (Wildman–Crippen LogP) is 6.94. The Labute approximate surface area is 304 Å². The number of amides is 1. The van der Waals surface area contributed by atoms with Crippen molar-refractivity contribution in [2.45, 2.75) is 26.5 Å². The molecule has 2 heterocycles. The highest BCUT2D eigenvalue weighted by Crippen LogP contribution is 2.36. The first-order valence-electron chi connectivity index (χ1n) is 16.7. The van der Waals surface area contributed by atoms with Gasteiger partial charge in [-0.2, -0.15) is 0 Å². The lowest BCUT2D eigenvalue weighted by Crippen LogP contribution is -2.40. The summed E-state index contributed by atoms with van der Waals surface area (Å²) in [5.74, 6) is 1.78. The highest BCUT2D eigenvalue weighted by atomic mass is 32.1. The third-order valence-electron chi connectivity index (χ3n) is 9.13. The first kappa shape index (κ1) is 34.3. The van der Waals surface area contributed by atoms with E-state index in [2.05, 4.69) is 29.6 Å². The number of allylic oxidation sites excluding steroid dienone is 1. The number of rotatable bonds is 10. The maximum absolute atomic E-state index is 14.4. The van der Waals surface area contributed by atoms with Crippen LogP contribution in [0.5, 0.6) is 23.0 Å². The van der Waals surface area contributed by atoms with Gasteiger partial charge in [0.1, 0.15) is 6.61 Å². The summed E-state index contributed by atoms with van der Waals surface area (Å²) in [7, 11) is 4.70. The van der Waals surface area contributed by atoms with E-state index in [-0.39, 0.29) is 11.5 Å². The molecular formula is C42H37N3O6S. The van der Waals surface area contributed by atoms with E-state index in [4.69, 9.17) is 23.9 Å². The summed E-state index contributed by atoms with van der Waals surface area (Å²) in [4.78, 5) is 33.7. The molecule has 262 valence electrons. The average Bonchev–Trinajstić information content (AvgIpc) is 3.47. The molecule has 5 aromatic carbocycles. The maximum Gasteiger partial charge on any atom is 0.271 e. The SMILES string of the molecule is COc1ccc(C2C(C(=O)Nc3ccccc3C)=C(C)N=c3sc(=Cc4ccc(OCc5cccc6ccccc56)c(OC)c4)c(=O)n32)cc1OC. The van der Waals surface area contributed by atoms with Crippen LogP contribution in [0, 0.1) is 6.92 Å². The molecule has 52 heavy (non-hydrogen) atoms. The normalized spacial score (nSPS) is 14.1. The molecule has 7 rings (SSSR count). The molecule has 10 heteroatoms. The zero-order valence-corrected chi connectivity index (χ0v) is 30.2. The minimum Gasteiger partial charge on any atom is -0.493 e. The fourth-order valence-corrected chi connectivity index (χ4v) is 7.52. The third kappa shape index (κ3) is 6.56. The summed E-state index contributed by atoms with van der Waals surface area (Å²) < 4.78 is 25.1. The number of nitrogens with one attached hydrogen (secondary N) is 1. The van der Waals surface area contributed by atoms with Crippen molar-refractivity contribution in [3.8, 4) is 23.0 Å². The molecule has 1 aliphatic rings. The number of carbonyl (C=O) groups excluding carboxylic acids is 1. The highest BCUT2D eigenvalue weighted by molar-refractivity contribution is 7.07. The number of para-hydroxylation sites is 1.